The molecule has 0 unspecified atom stereocenters. The molecule has 0 saturated carbocycles. The fourth-order valence-electron chi connectivity index (χ4n) is 2.95. The quantitative estimate of drug-likeness (QED) is 0.795. The van der Waals surface area contributed by atoms with Crippen molar-refractivity contribution in [2.75, 3.05) is 32.7 Å². The molecule has 132 valence electrons. The lowest BCUT2D eigenvalue weighted by Gasteiger charge is -2.34. The van der Waals surface area contributed by atoms with Gasteiger partial charge in [-0.3, -0.25) is 9.69 Å². The Morgan fingerprint density at radius 2 is 1.68 bits per heavy atom. The SMILES string of the molecule is O=C(c1ccc(F)cc1)N1CCN(CCc2ccc(Cl)cc2Cl)CC1. The number of halogens is 3. The third kappa shape index (κ3) is 4.72. The summed E-state index contributed by atoms with van der Waals surface area (Å²) < 4.78 is 13.0. The topological polar surface area (TPSA) is 23.6 Å². The van der Waals surface area contributed by atoms with Gasteiger partial charge >= 0.3 is 0 Å². The van der Waals surface area contributed by atoms with Crippen molar-refractivity contribution in [3.05, 3.63) is 69.5 Å². The van der Waals surface area contributed by atoms with Crippen LogP contribution in [0.3, 0.4) is 0 Å². The van der Waals surface area contributed by atoms with Gasteiger partial charge < -0.3 is 4.90 Å². The van der Waals surface area contributed by atoms with Gasteiger partial charge in [-0.2, -0.15) is 0 Å². The van der Waals surface area contributed by atoms with E-state index < -0.39 is 0 Å². The number of hydrogen-bond donors (Lipinski definition) is 0. The number of piperazine rings is 1. The highest BCUT2D eigenvalue weighted by Crippen LogP contribution is 2.21. The summed E-state index contributed by atoms with van der Waals surface area (Å²) >= 11 is 12.1. The van der Waals surface area contributed by atoms with Crippen LogP contribution in [0.2, 0.25) is 10.0 Å². The summed E-state index contributed by atoms with van der Waals surface area (Å²) in [5, 5.41) is 1.33. The molecular weight excluding hydrogens is 362 g/mol. The Hall–Kier alpha value is -1.62. The number of benzene rings is 2. The first-order chi connectivity index (χ1) is 12.0. The predicted octanol–water partition coefficient (Wildman–Crippen LogP) is 4.13. The average Bonchev–Trinajstić information content (AvgIpc) is 2.61. The van der Waals surface area contributed by atoms with Gasteiger partial charge in [0.1, 0.15) is 5.82 Å². The number of nitrogens with zero attached hydrogens (tertiary/aromatic N) is 2. The van der Waals surface area contributed by atoms with Gasteiger partial charge in [0.25, 0.3) is 5.91 Å². The number of carbonyl (C=O) groups excluding carboxylic acids is 1. The molecule has 0 N–H and O–H groups in total. The Balaban J connectivity index is 1.50. The second-order valence-electron chi connectivity index (χ2n) is 6.13. The van der Waals surface area contributed by atoms with Crippen molar-refractivity contribution in [2.45, 2.75) is 6.42 Å². The van der Waals surface area contributed by atoms with Crippen LogP contribution in [0.15, 0.2) is 42.5 Å². The van der Waals surface area contributed by atoms with E-state index in [9.17, 15) is 9.18 Å². The van der Waals surface area contributed by atoms with Crippen LogP contribution in [0.5, 0.6) is 0 Å². The third-order valence-corrected chi connectivity index (χ3v) is 5.05. The van der Waals surface area contributed by atoms with Crippen LogP contribution in [0.4, 0.5) is 4.39 Å². The molecule has 1 fully saturated rings. The van der Waals surface area contributed by atoms with Crippen LogP contribution >= 0.6 is 23.2 Å². The molecule has 0 aliphatic carbocycles. The predicted molar refractivity (Wildman–Crippen MR) is 98.9 cm³/mol. The molecule has 25 heavy (non-hydrogen) atoms. The van der Waals surface area contributed by atoms with E-state index in [1.165, 1.54) is 24.3 Å². The van der Waals surface area contributed by atoms with E-state index in [1.54, 1.807) is 6.07 Å². The number of hydrogen-bond acceptors (Lipinski definition) is 2. The first kappa shape index (κ1) is 18.2. The number of rotatable bonds is 4. The van der Waals surface area contributed by atoms with Crippen molar-refractivity contribution in [3.63, 3.8) is 0 Å². The molecule has 0 spiro atoms. The molecule has 2 aromatic carbocycles. The Labute approximate surface area is 156 Å². The molecule has 1 heterocycles. The van der Waals surface area contributed by atoms with Gasteiger partial charge in [-0.05, 0) is 48.4 Å². The van der Waals surface area contributed by atoms with Crippen LogP contribution in [0.25, 0.3) is 0 Å². The van der Waals surface area contributed by atoms with Crippen LogP contribution in [-0.4, -0.2) is 48.4 Å². The highest BCUT2D eigenvalue weighted by atomic mass is 35.5. The maximum atomic E-state index is 13.0. The van der Waals surface area contributed by atoms with E-state index in [1.807, 2.05) is 17.0 Å². The van der Waals surface area contributed by atoms with Crippen molar-refractivity contribution in [1.82, 2.24) is 9.80 Å². The molecular formula is C19H19Cl2FN2O. The van der Waals surface area contributed by atoms with Gasteiger partial charge in [-0.15, -0.1) is 0 Å². The van der Waals surface area contributed by atoms with Gasteiger partial charge in [0.2, 0.25) is 0 Å². The van der Waals surface area contributed by atoms with Gasteiger partial charge in [-0.25, -0.2) is 4.39 Å². The van der Waals surface area contributed by atoms with Crippen LogP contribution < -0.4 is 0 Å². The zero-order valence-electron chi connectivity index (χ0n) is 13.7. The molecule has 6 heteroatoms. The van der Waals surface area contributed by atoms with Crippen molar-refractivity contribution in [2.24, 2.45) is 0 Å². The van der Waals surface area contributed by atoms with Crippen molar-refractivity contribution >= 4 is 29.1 Å². The minimum Gasteiger partial charge on any atom is -0.336 e. The molecule has 1 aliphatic heterocycles. The summed E-state index contributed by atoms with van der Waals surface area (Å²) in [6.45, 7) is 3.87. The monoisotopic (exact) mass is 380 g/mol. The third-order valence-electron chi connectivity index (χ3n) is 4.46. The Morgan fingerprint density at radius 1 is 1.00 bits per heavy atom. The summed E-state index contributed by atoms with van der Waals surface area (Å²) in [5.41, 5.74) is 1.61. The minimum absolute atomic E-state index is 0.0413. The lowest BCUT2D eigenvalue weighted by molar-refractivity contribution is 0.0638. The van der Waals surface area contributed by atoms with Crippen LogP contribution in [-0.2, 0) is 6.42 Å². The van der Waals surface area contributed by atoms with E-state index in [0.717, 1.165) is 31.6 Å². The van der Waals surface area contributed by atoms with Crippen molar-refractivity contribution in [3.8, 4) is 0 Å². The van der Waals surface area contributed by atoms with Gasteiger partial charge in [0.05, 0.1) is 0 Å². The zero-order valence-corrected chi connectivity index (χ0v) is 15.2. The summed E-state index contributed by atoms with van der Waals surface area (Å²) in [5.74, 6) is -0.373. The molecule has 0 aromatic heterocycles. The van der Waals surface area contributed by atoms with Gasteiger partial charge in [0.15, 0.2) is 0 Å². The fraction of sp³-hybridized carbons (Fsp3) is 0.316. The molecule has 0 radical (unpaired) electrons. The van der Waals surface area contributed by atoms with Gasteiger partial charge in [0, 0.05) is 48.3 Å². The van der Waals surface area contributed by atoms with Crippen LogP contribution in [0, 0.1) is 5.82 Å². The molecule has 1 saturated heterocycles. The smallest absolute Gasteiger partial charge is 0.253 e. The first-order valence-corrected chi connectivity index (χ1v) is 8.99. The van der Waals surface area contributed by atoms with E-state index in [4.69, 9.17) is 23.2 Å². The Kier molecular flexibility index (Phi) is 5.94. The van der Waals surface area contributed by atoms with E-state index in [2.05, 4.69) is 4.90 Å². The van der Waals surface area contributed by atoms with E-state index >= 15 is 0 Å². The number of amides is 1. The summed E-state index contributed by atoms with van der Waals surface area (Å²) in [6.07, 6.45) is 0.849. The zero-order chi connectivity index (χ0) is 17.8. The average molecular weight is 381 g/mol. The second kappa shape index (κ2) is 8.17. The number of carbonyl (C=O) groups is 1. The highest BCUT2D eigenvalue weighted by molar-refractivity contribution is 6.35. The molecule has 1 amide bonds. The van der Waals surface area contributed by atoms with Crippen LogP contribution in [0.1, 0.15) is 15.9 Å². The van der Waals surface area contributed by atoms with Crippen molar-refractivity contribution in [1.29, 1.82) is 0 Å². The Bertz CT molecular complexity index is 744. The molecule has 0 bridgehead atoms. The molecule has 2 aromatic rings. The Morgan fingerprint density at radius 3 is 2.32 bits per heavy atom. The lowest BCUT2D eigenvalue weighted by Crippen LogP contribution is -2.49. The standard InChI is InChI=1S/C19H19Cl2FN2O/c20-16-4-1-14(18(21)13-16)7-8-23-9-11-24(12-10-23)19(25)15-2-5-17(22)6-3-15/h1-6,13H,7-12H2. The van der Waals surface area contributed by atoms with E-state index in [0.29, 0.717) is 28.7 Å². The minimum atomic E-state index is -0.331. The molecule has 3 nitrogen and oxygen atoms in total. The molecule has 0 atom stereocenters. The fourth-order valence-corrected chi connectivity index (χ4v) is 3.46. The molecule has 3 rings (SSSR count). The summed E-state index contributed by atoms with van der Waals surface area (Å²) in [4.78, 5) is 16.6. The highest BCUT2D eigenvalue weighted by Gasteiger charge is 2.22. The largest absolute Gasteiger partial charge is 0.336 e. The first-order valence-electron chi connectivity index (χ1n) is 8.24. The normalized spacial score (nSPS) is 15.4. The second-order valence-corrected chi connectivity index (χ2v) is 6.97. The molecule has 1 aliphatic rings. The summed E-state index contributed by atoms with van der Waals surface area (Å²) in [6, 6.07) is 11.3. The maximum absolute atomic E-state index is 13.0. The maximum Gasteiger partial charge on any atom is 0.253 e. The summed E-state index contributed by atoms with van der Waals surface area (Å²) in [7, 11) is 0. The van der Waals surface area contributed by atoms with E-state index in [-0.39, 0.29) is 11.7 Å². The van der Waals surface area contributed by atoms with Gasteiger partial charge in [-0.1, -0.05) is 29.3 Å². The lowest BCUT2D eigenvalue weighted by atomic mass is 10.1. The van der Waals surface area contributed by atoms with Crippen molar-refractivity contribution < 1.29 is 9.18 Å².